The first kappa shape index (κ1) is 32.3. The van der Waals surface area contributed by atoms with E-state index in [0.717, 1.165) is 78.7 Å². The maximum absolute atomic E-state index is 6.88. The predicted molar refractivity (Wildman–Crippen MR) is 229 cm³/mol. The summed E-state index contributed by atoms with van der Waals surface area (Å²) in [5.41, 5.74) is 14.6. The van der Waals surface area contributed by atoms with Crippen LogP contribution in [0.2, 0.25) is 0 Å². The Hall–Kier alpha value is -7.36. The van der Waals surface area contributed by atoms with Crippen molar-refractivity contribution in [3.05, 3.63) is 229 Å². The number of rotatable bonds is 7. The van der Waals surface area contributed by atoms with E-state index in [1.54, 1.807) is 0 Å². The molecule has 0 atom stereocenters. The van der Waals surface area contributed by atoms with E-state index in [0.29, 0.717) is 0 Å². The van der Waals surface area contributed by atoms with Gasteiger partial charge in [0, 0.05) is 33.7 Å². The molecule has 0 fully saturated rings. The van der Waals surface area contributed by atoms with Crippen LogP contribution in [-0.2, 0) is 0 Å². The van der Waals surface area contributed by atoms with Crippen molar-refractivity contribution in [2.45, 2.75) is 0 Å². The van der Waals surface area contributed by atoms with Gasteiger partial charge < -0.3 is 14.2 Å². The molecule has 8 aromatic carbocycles. The van der Waals surface area contributed by atoms with Crippen molar-refractivity contribution < 1.29 is 4.74 Å². The second-order valence-electron chi connectivity index (χ2n) is 13.8. The third-order valence-corrected chi connectivity index (χ3v) is 10.4. The highest BCUT2D eigenvalue weighted by Crippen LogP contribution is 2.47. The van der Waals surface area contributed by atoms with Crippen molar-refractivity contribution in [1.29, 1.82) is 0 Å². The first-order chi connectivity index (χ1) is 27.3. The van der Waals surface area contributed by atoms with Crippen molar-refractivity contribution in [3.63, 3.8) is 0 Å². The second kappa shape index (κ2) is 13.9. The van der Waals surface area contributed by atoms with E-state index < -0.39 is 0 Å². The Morgan fingerprint density at radius 1 is 0.400 bits per heavy atom. The summed E-state index contributed by atoms with van der Waals surface area (Å²) in [6, 6.07) is 75.0. The summed E-state index contributed by atoms with van der Waals surface area (Å²) in [7, 11) is 0. The average molecular weight is 705 g/mol. The van der Waals surface area contributed by atoms with Gasteiger partial charge in [-0.25, -0.2) is 0 Å². The number of para-hydroxylation sites is 4. The maximum Gasteiger partial charge on any atom is 0.160 e. The number of aromatic nitrogens is 1. The van der Waals surface area contributed by atoms with E-state index in [-0.39, 0.29) is 0 Å². The Kier molecular flexibility index (Phi) is 8.16. The minimum Gasteiger partial charge on any atom is -0.454 e. The molecule has 0 N–H and O–H groups in total. The molecule has 1 aromatic heterocycles. The Bertz CT molecular complexity index is 2750. The zero-order valence-electron chi connectivity index (χ0n) is 30.1. The van der Waals surface area contributed by atoms with E-state index in [1.165, 1.54) is 11.1 Å². The number of nitrogens with zero attached hydrogens (tertiary/aromatic N) is 2. The zero-order chi connectivity index (χ0) is 36.6. The molecule has 260 valence electrons. The number of hydrogen-bond acceptors (Lipinski definition) is 2. The fourth-order valence-corrected chi connectivity index (χ4v) is 7.77. The Morgan fingerprint density at radius 3 is 1.53 bits per heavy atom. The van der Waals surface area contributed by atoms with Crippen LogP contribution in [0.3, 0.4) is 0 Å². The SMILES string of the molecule is C1=C(c2ccccc2)c2ccccc2Oc2c1n(-c1ccccc1)c1cc(-c3ccc(-c4ccc(N(c5ccccc5)c5ccccc5)cc4)cc3)ccc21. The van der Waals surface area contributed by atoms with Crippen LogP contribution in [0, 0.1) is 0 Å². The number of hydrogen-bond donors (Lipinski definition) is 0. The lowest BCUT2D eigenvalue weighted by molar-refractivity contribution is 0.486. The van der Waals surface area contributed by atoms with E-state index in [9.17, 15) is 0 Å². The summed E-state index contributed by atoms with van der Waals surface area (Å²) in [4.78, 5) is 2.29. The molecule has 0 saturated carbocycles. The van der Waals surface area contributed by atoms with Gasteiger partial charge in [-0.3, -0.25) is 0 Å². The van der Waals surface area contributed by atoms with Gasteiger partial charge in [-0.15, -0.1) is 0 Å². The quantitative estimate of drug-likeness (QED) is 0.164. The summed E-state index contributed by atoms with van der Waals surface area (Å²) in [5, 5.41) is 1.07. The maximum atomic E-state index is 6.88. The van der Waals surface area contributed by atoms with Gasteiger partial charge in [0.25, 0.3) is 0 Å². The molecule has 0 spiro atoms. The fraction of sp³-hybridized carbons (Fsp3) is 0. The van der Waals surface area contributed by atoms with Crippen LogP contribution in [0.15, 0.2) is 212 Å². The molecule has 0 unspecified atom stereocenters. The molecule has 55 heavy (non-hydrogen) atoms. The molecule has 3 heteroatoms. The molecule has 3 nitrogen and oxygen atoms in total. The lowest BCUT2D eigenvalue weighted by atomic mass is 9.96. The van der Waals surface area contributed by atoms with Crippen LogP contribution in [0.4, 0.5) is 17.1 Å². The van der Waals surface area contributed by atoms with Crippen LogP contribution in [-0.4, -0.2) is 4.57 Å². The highest BCUT2D eigenvalue weighted by atomic mass is 16.5. The van der Waals surface area contributed by atoms with Crippen molar-refractivity contribution in [3.8, 4) is 39.4 Å². The van der Waals surface area contributed by atoms with Crippen LogP contribution in [0.25, 0.3) is 50.5 Å². The van der Waals surface area contributed by atoms with Gasteiger partial charge in [0.2, 0.25) is 0 Å². The Morgan fingerprint density at radius 2 is 0.891 bits per heavy atom. The lowest BCUT2D eigenvalue weighted by Crippen LogP contribution is -2.09. The standard InChI is InChI=1S/C52H36N2O/c1-5-15-40(16-6-1)48-36-50-52(55-51-24-14-13-23-46(48)51)47-34-31-41(35-49(47)54(50)44-21-11-4-12-22-44)39-27-25-37(26-28-39)38-29-32-45(33-30-38)53(42-17-7-2-8-18-42)43-19-9-3-10-20-43/h1-36H. The number of fused-ring (bicyclic) bond motifs is 4. The molecule has 0 saturated heterocycles. The normalized spacial score (nSPS) is 11.9. The third kappa shape index (κ3) is 5.98. The largest absolute Gasteiger partial charge is 0.454 e. The van der Waals surface area contributed by atoms with Crippen LogP contribution < -0.4 is 9.64 Å². The first-order valence-corrected chi connectivity index (χ1v) is 18.7. The highest BCUT2D eigenvalue weighted by molar-refractivity contribution is 6.02. The molecular formula is C52H36N2O. The lowest BCUT2D eigenvalue weighted by Gasteiger charge is -2.25. The van der Waals surface area contributed by atoms with Gasteiger partial charge in [0.05, 0.1) is 11.2 Å². The van der Waals surface area contributed by atoms with Gasteiger partial charge in [-0.1, -0.05) is 146 Å². The van der Waals surface area contributed by atoms with Crippen molar-refractivity contribution in [1.82, 2.24) is 4.57 Å². The topological polar surface area (TPSA) is 17.4 Å². The molecule has 2 heterocycles. The zero-order valence-corrected chi connectivity index (χ0v) is 30.1. The highest BCUT2D eigenvalue weighted by Gasteiger charge is 2.25. The Balaban J connectivity index is 1.03. The van der Waals surface area contributed by atoms with Gasteiger partial charge in [0.1, 0.15) is 5.75 Å². The van der Waals surface area contributed by atoms with Crippen molar-refractivity contribution >= 4 is 39.6 Å². The monoisotopic (exact) mass is 704 g/mol. The fourth-order valence-electron chi connectivity index (χ4n) is 7.77. The van der Waals surface area contributed by atoms with E-state index in [2.05, 4.69) is 222 Å². The summed E-state index contributed by atoms with van der Waals surface area (Å²) < 4.78 is 9.22. The van der Waals surface area contributed by atoms with Crippen LogP contribution in [0.1, 0.15) is 16.8 Å². The van der Waals surface area contributed by atoms with Gasteiger partial charge in [-0.05, 0) is 106 Å². The number of benzene rings is 8. The average Bonchev–Trinajstić information content (AvgIpc) is 3.45. The van der Waals surface area contributed by atoms with E-state index in [4.69, 9.17) is 4.74 Å². The summed E-state index contributed by atoms with van der Waals surface area (Å²) in [6.07, 6.45) is 2.29. The number of anilines is 3. The van der Waals surface area contributed by atoms with Gasteiger partial charge >= 0.3 is 0 Å². The molecule has 10 rings (SSSR count). The van der Waals surface area contributed by atoms with Crippen LogP contribution in [0.5, 0.6) is 11.5 Å². The molecule has 1 aliphatic rings. The minimum absolute atomic E-state index is 0.851. The first-order valence-electron chi connectivity index (χ1n) is 18.7. The Labute approximate surface area is 321 Å². The van der Waals surface area contributed by atoms with Crippen LogP contribution >= 0.6 is 0 Å². The van der Waals surface area contributed by atoms with Gasteiger partial charge in [-0.2, -0.15) is 0 Å². The smallest absolute Gasteiger partial charge is 0.160 e. The summed E-state index contributed by atoms with van der Waals surface area (Å²) >= 11 is 0. The van der Waals surface area contributed by atoms with Crippen molar-refractivity contribution in [2.75, 3.05) is 4.90 Å². The van der Waals surface area contributed by atoms with E-state index >= 15 is 0 Å². The van der Waals surface area contributed by atoms with Gasteiger partial charge in [0.15, 0.2) is 5.75 Å². The summed E-state index contributed by atoms with van der Waals surface area (Å²) in [6.45, 7) is 0. The molecule has 0 radical (unpaired) electrons. The summed E-state index contributed by atoms with van der Waals surface area (Å²) in [5.74, 6) is 1.71. The minimum atomic E-state index is 0.851. The van der Waals surface area contributed by atoms with E-state index in [1.807, 2.05) is 6.07 Å². The molecule has 9 aromatic rings. The molecule has 1 aliphatic heterocycles. The molecule has 0 aliphatic carbocycles. The predicted octanol–water partition coefficient (Wildman–Crippen LogP) is 14.1. The van der Waals surface area contributed by atoms with Crippen molar-refractivity contribution in [2.24, 2.45) is 0 Å². The second-order valence-corrected chi connectivity index (χ2v) is 13.8. The molecule has 0 bridgehead atoms. The number of ether oxygens (including phenoxy) is 1. The molecular weight excluding hydrogens is 669 g/mol. The third-order valence-electron chi connectivity index (χ3n) is 10.4. The molecule has 0 amide bonds.